The molecular formula is C14H16BrNOS. The van der Waals surface area contributed by atoms with E-state index in [-0.39, 0.29) is 5.91 Å². The Bertz CT molecular complexity index is 523. The molecule has 1 N–H and O–H groups in total. The number of benzene rings is 1. The standard InChI is InChI=1S/C14H16BrNOS/c15-8-4-1-5-9-16-14(17)12-10-18-13-7-3-2-6-11(12)13/h2-3,6-7,10H,1,4-5,8-9H2,(H,16,17). The summed E-state index contributed by atoms with van der Waals surface area (Å²) in [6.45, 7) is 0.760. The van der Waals surface area contributed by atoms with Gasteiger partial charge in [0.1, 0.15) is 0 Å². The number of hydrogen-bond donors (Lipinski definition) is 1. The fraction of sp³-hybridized carbons (Fsp3) is 0.357. The van der Waals surface area contributed by atoms with E-state index >= 15 is 0 Å². The van der Waals surface area contributed by atoms with E-state index in [2.05, 4.69) is 21.2 Å². The number of amides is 1. The normalized spacial score (nSPS) is 10.7. The maximum Gasteiger partial charge on any atom is 0.252 e. The molecular weight excluding hydrogens is 310 g/mol. The van der Waals surface area contributed by atoms with Gasteiger partial charge in [-0.1, -0.05) is 40.5 Å². The first-order valence-electron chi connectivity index (χ1n) is 6.13. The van der Waals surface area contributed by atoms with Gasteiger partial charge in [0.15, 0.2) is 0 Å². The molecule has 0 saturated heterocycles. The molecule has 0 fully saturated rings. The Balaban J connectivity index is 1.93. The molecule has 18 heavy (non-hydrogen) atoms. The summed E-state index contributed by atoms with van der Waals surface area (Å²) in [6, 6.07) is 8.03. The summed E-state index contributed by atoms with van der Waals surface area (Å²) in [5.41, 5.74) is 0.802. The molecule has 2 rings (SSSR count). The van der Waals surface area contributed by atoms with E-state index in [9.17, 15) is 4.79 Å². The predicted molar refractivity (Wildman–Crippen MR) is 81.8 cm³/mol. The van der Waals surface area contributed by atoms with E-state index in [1.807, 2.05) is 29.6 Å². The van der Waals surface area contributed by atoms with Crippen molar-refractivity contribution in [2.24, 2.45) is 0 Å². The Morgan fingerprint density at radius 2 is 2.06 bits per heavy atom. The summed E-state index contributed by atoms with van der Waals surface area (Å²) in [7, 11) is 0. The van der Waals surface area contributed by atoms with Crippen LogP contribution in [0.3, 0.4) is 0 Å². The molecule has 1 heterocycles. The van der Waals surface area contributed by atoms with Gasteiger partial charge in [0.25, 0.3) is 5.91 Å². The summed E-state index contributed by atoms with van der Waals surface area (Å²) < 4.78 is 1.17. The molecule has 1 amide bonds. The van der Waals surface area contributed by atoms with Crippen molar-refractivity contribution in [2.75, 3.05) is 11.9 Å². The monoisotopic (exact) mass is 325 g/mol. The Morgan fingerprint density at radius 3 is 2.89 bits per heavy atom. The highest BCUT2D eigenvalue weighted by atomic mass is 79.9. The number of nitrogens with one attached hydrogen (secondary N) is 1. The number of alkyl halides is 1. The van der Waals surface area contributed by atoms with Crippen LogP contribution >= 0.6 is 27.3 Å². The predicted octanol–water partition coefficient (Wildman–Crippen LogP) is 4.20. The molecule has 2 aromatic rings. The van der Waals surface area contributed by atoms with E-state index in [0.29, 0.717) is 0 Å². The van der Waals surface area contributed by atoms with Crippen LogP contribution in [-0.2, 0) is 0 Å². The minimum absolute atomic E-state index is 0.0475. The molecule has 0 unspecified atom stereocenters. The van der Waals surface area contributed by atoms with Crippen molar-refractivity contribution in [1.82, 2.24) is 5.32 Å². The van der Waals surface area contributed by atoms with E-state index in [1.54, 1.807) is 11.3 Å². The second-order valence-corrected chi connectivity index (χ2v) is 5.86. The molecule has 0 atom stereocenters. The van der Waals surface area contributed by atoms with E-state index in [1.165, 1.54) is 4.70 Å². The number of thiophene rings is 1. The minimum atomic E-state index is 0.0475. The van der Waals surface area contributed by atoms with E-state index in [4.69, 9.17) is 0 Å². The van der Waals surface area contributed by atoms with Crippen LogP contribution < -0.4 is 5.32 Å². The van der Waals surface area contributed by atoms with Crippen molar-refractivity contribution in [2.45, 2.75) is 19.3 Å². The zero-order valence-corrected chi connectivity index (χ0v) is 12.5. The summed E-state index contributed by atoms with van der Waals surface area (Å²) in [5.74, 6) is 0.0475. The first-order chi connectivity index (χ1) is 8.83. The van der Waals surface area contributed by atoms with Crippen LogP contribution in [0.2, 0.25) is 0 Å². The average Bonchev–Trinajstić information content (AvgIpc) is 2.82. The first kappa shape index (κ1) is 13.6. The molecule has 0 aliphatic carbocycles. The number of carbonyl (C=O) groups is 1. The highest BCUT2D eigenvalue weighted by Crippen LogP contribution is 2.25. The van der Waals surface area contributed by atoms with Gasteiger partial charge in [-0.15, -0.1) is 11.3 Å². The van der Waals surface area contributed by atoms with E-state index < -0.39 is 0 Å². The van der Waals surface area contributed by atoms with Gasteiger partial charge in [0, 0.05) is 27.3 Å². The SMILES string of the molecule is O=C(NCCCCCBr)c1csc2ccccc12. The number of halogens is 1. The van der Waals surface area contributed by atoms with Crippen molar-refractivity contribution in [3.05, 3.63) is 35.2 Å². The lowest BCUT2D eigenvalue weighted by Crippen LogP contribution is -2.24. The van der Waals surface area contributed by atoms with Gasteiger partial charge in [0.05, 0.1) is 5.56 Å². The average molecular weight is 326 g/mol. The van der Waals surface area contributed by atoms with Gasteiger partial charge >= 0.3 is 0 Å². The minimum Gasteiger partial charge on any atom is -0.352 e. The summed E-state index contributed by atoms with van der Waals surface area (Å²) in [6.07, 6.45) is 3.35. The lowest BCUT2D eigenvalue weighted by molar-refractivity contribution is 0.0955. The Labute approximate surface area is 120 Å². The van der Waals surface area contributed by atoms with Crippen LogP contribution in [0.1, 0.15) is 29.6 Å². The zero-order chi connectivity index (χ0) is 12.8. The summed E-state index contributed by atoms with van der Waals surface area (Å²) in [4.78, 5) is 12.0. The molecule has 1 aromatic heterocycles. The smallest absolute Gasteiger partial charge is 0.252 e. The Hall–Kier alpha value is -0.870. The fourth-order valence-electron chi connectivity index (χ4n) is 1.85. The third-order valence-electron chi connectivity index (χ3n) is 2.82. The largest absolute Gasteiger partial charge is 0.352 e. The molecule has 0 radical (unpaired) electrons. The van der Waals surface area contributed by atoms with Crippen molar-refractivity contribution >= 4 is 43.3 Å². The third kappa shape index (κ3) is 3.33. The molecule has 96 valence electrons. The quantitative estimate of drug-likeness (QED) is 0.626. The number of fused-ring (bicyclic) bond motifs is 1. The number of carbonyl (C=O) groups excluding carboxylic acids is 1. The number of unbranched alkanes of at least 4 members (excludes halogenated alkanes) is 2. The van der Waals surface area contributed by atoms with Gasteiger partial charge in [0.2, 0.25) is 0 Å². The Kier molecular flexibility index (Phi) is 5.20. The van der Waals surface area contributed by atoms with Gasteiger partial charge in [-0.2, -0.15) is 0 Å². The fourth-order valence-corrected chi connectivity index (χ4v) is 3.18. The highest BCUT2D eigenvalue weighted by Gasteiger charge is 2.10. The molecule has 1 aromatic carbocycles. The second-order valence-electron chi connectivity index (χ2n) is 4.15. The third-order valence-corrected chi connectivity index (χ3v) is 4.35. The molecule has 0 aliphatic heterocycles. The van der Waals surface area contributed by atoms with Crippen LogP contribution in [0, 0.1) is 0 Å². The van der Waals surface area contributed by atoms with Crippen molar-refractivity contribution in [3.63, 3.8) is 0 Å². The molecule has 0 spiro atoms. The Morgan fingerprint density at radius 1 is 1.22 bits per heavy atom. The molecule has 2 nitrogen and oxygen atoms in total. The molecule has 4 heteroatoms. The lowest BCUT2D eigenvalue weighted by Gasteiger charge is -2.03. The van der Waals surface area contributed by atoms with Gasteiger partial charge in [-0.3, -0.25) is 4.79 Å². The van der Waals surface area contributed by atoms with Gasteiger partial charge < -0.3 is 5.32 Å². The summed E-state index contributed by atoms with van der Waals surface area (Å²) in [5, 5.41) is 7.03. The first-order valence-corrected chi connectivity index (χ1v) is 8.13. The van der Waals surface area contributed by atoms with Gasteiger partial charge in [-0.25, -0.2) is 0 Å². The maximum absolute atomic E-state index is 12.0. The van der Waals surface area contributed by atoms with Crippen LogP contribution in [0.15, 0.2) is 29.6 Å². The highest BCUT2D eigenvalue weighted by molar-refractivity contribution is 9.09. The molecule has 0 aliphatic rings. The van der Waals surface area contributed by atoms with Crippen LogP contribution in [0.25, 0.3) is 10.1 Å². The van der Waals surface area contributed by atoms with E-state index in [0.717, 1.165) is 42.1 Å². The zero-order valence-electron chi connectivity index (χ0n) is 10.1. The summed E-state index contributed by atoms with van der Waals surface area (Å²) >= 11 is 5.03. The molecule has 0 saturated carbocycles. The number of hydrogen-bond acceptors (Lipinski definition) is 2. The topological polar surface area (TPSA) is 29.1 Å². The molecule has 0 bridgehead atoms. The van der Waals surface area contributed by atoms with Crippen molar-refractivity contribution in [1.29, 1.82) is 0 Å². The second kappa shape index (κ2) is 6.90. The van der Waals surface area contributed by atoms with Crippen molar-refractivity contribution < 1.29 is 4.79 Å². The van der Waals surface area contributed by atoms with Crippen LogP contribution in [0.5, 0.6) is 0 Å². The lowest BCUT2D eigenvalue weighted by atomic mass is 10.1. The maximum atomic E-state index is 12.0. The van der Waals surface area contributed by atoms with Crippen LogP contribution in [0.4, 0.5) is 0 Å². The van der Waals surface area contributed by atoms with Crippen molar-refractivity contribution in [3.8, 4) is 0 Å². The number of rotatable bonds is 6. The van der Waals surface area contributed by atoms with Crippen LogP contribution in [-0.4, -0.2) is 17.8 Å². The van der Waals surface area contributed by atoms with Gasteiger partial charge in [-0.05, 0) is 18.9 Å².